The number of aromatic nitrogens is 2. The van der Waals surface area contributed by atoms with Crippen molar-refractivity contribution < 1.29 is 4.79 Å². The van der Waals surface area contributed by atoms with Crippen LogP contribution < -0.4 is 10.6 Å². The first kappa shape index (κ1) is 15.2. The number of anilines is 1. The van der Waals surface area contributed by atoms with Gasteiger partial charge in [0.15, 0.2) is 0 Å². The van der Waals surface area contributed by atoms with Crippen molar-refractivity contribution in [2.45, 2.75) is 46.2 Å². The topological polar surface area (TPSA) is 66.9 Å². The van der Waals surface area contributed by atoms with Crippen LogP contribution in [0.1, 0.15) is 33.3 Å². The Morgan fingerprint density at radius 2 is 1.95 bits per heavy atom. The standard InChI is InChI=1S/C16H22N4O/c1-10-6-7-13-12(8-10)14(18-9-17-13)19-11(2)15(21)20-16(3,4)5/h6-9,11H,1-5H3,(H,20,21)(H,17,18,19). The highest BCUT2D eigenvalue weighted by Gasteiger charge is 2.20. The molecular formula is C16H22N4O. The number of amides is 1. The van der Waals surface area contributed by atoms with Crippen molar-refractivity contribution >= 4 is 22.6 Å². The van der Waals surface area contributed by atoms with Gasteiger partial charge in [-0.2, -0.15) is 0 Å². The minimum absolute atomic E-state index is 0.0538. The molecule has 0 bridgehead atoms. The molecule has 1 aromatic carbocycles. The molecule has 1 amide bonds. The maximum atomic E-state index is 12.1. The predicted molar refractivity (Wildman–Crippen MR) is 85.3 cm³/mol. The largest absolute Gasteiger partial charge is 0.358 e. The fourth-order valence-electron chi connectivity index (χ4n) is 2.03. The maximum absolute atomic E-state index is 12.1. The van der Waals surface area contributed by atoms with Crippen LogP contribution in [0.3, 0.4) is 0 Å². The molecule has 112 valence electrons. The van der Waals surface area contributed by atoms with E-state index in [1.54, 1.807) is 0 Å². The van der Waals surface area contributed by atoms with Crippen molar-refractivity contribution in [1.29, 1.82) is 0 Å². The summed E-state index contributed by atoms with van der Waals surface area (Å²) in [6, 6.07) is 5.61. The lowest BCUT2D eigenvalue weighted by molar-refractivity contribution is -0.122. The Kier molecular flexibility index (Phi) is 4.11. The molecule has 1 heterocycles. The zero-order chi connectivity index (χ0) is 15.6. The van der Waals surface area contributed by atoms with Crippen LogP contribution in [0.2, 0.25) is 0 Å². The van der Waals surface area contributed by atoms with Crippen LogP contribution in [-0.2, 0) is 4.79 Å². The zero-order valence-corrected chi connectivity index (χ0v) is 13.2. The highest BCUT2D eigenvalue weighted by molar-refractivity contribution is 5.92. The van der Waals surface area contributed by atoms with E-state index in [9.17, 15) is 4.79 Å². The highest BCUT2D eigenvalue weighted by atomic mass is 16.2. The molecule has 5 nitrogen and oxygen atoms in total. The van der Waals surface area contributed by atoms with Gasteiger partial charge in [0.25, 0.3) is 0 Å². The van der Waals surface area contributed by atoms with Gasteiger partial charge in [0.05, 0.1) is 5.52 Å². The molecule has 5 heteroatoms. The quantitative estimate of drug-likeness (QED) is 0.910. The van der Waals surface area contributed by atoms with Crippen LogP contribution in [0, 0.1) is 6.92 Å². The summed E-state index contributed by atoms with van der Waals surface area (Å²) in [4.78, 5) is 20.7. The van der Waals surface area contributed by atoms with Crippen molar-refractivity contribution in [2.24, 2.45) is 0 Å². The smallest absolute Gasteiger partial charge is 0.242 e. The average molecular weight is 286 g/mol. The lowest BCUT2D eigenvalue weighted by Crippen LogP contribution is -2.47. The van der Waals surface area contributed by atoms with Crippen molar-refractivity contribution in [3.8, 4) is 0 Å². The van der Waals surface area contributed by atoms with E-state index in [-0.39, 0.29) is 17.5 Å². The number of rotatable bonds is 3. The zero-order valence-electron chi connectivity index (χ0n) is 13.2. The van der Waals surface area contributed by atoms with Crippen LogP contribution >= 0.6 is 0 Å². The van der Waals surface area contributed by atoms with Crippen molar-refractivity contribution in [1.82, 2.24) is 15.3 Å². The van der Waals surface area contributed by atoms with Crippen molar-refractivity contribution in [3.63, 3.8) is 0 Å². The summed E-state index contributed by atoms with van der Waals surface area (Å²) in [6.07, 6.45) is 1.51. The first-order valence-electron chi connectivity index (χ1n) is 7.06. The molecule has 2 N–H and O–H groups in total. The van der Waals surface area contributed by atoms with Crippen LogP contribution in [0.25, 0.3) is 10.9 Å². The monoisotopic (exact) mass is 286 g/mol. The van der Waals surface area contributed by atoms with E-state index in [1.807, 2.05) is 52.8 Å². The SMILES string of the molecule is Cc1ccc2ncnc(NC(C)C(=O)NC(C)(C)C)c2c1. The Labute approximate surface area is 125 Å². The van der Waals surface area contributed by atoms with Gasteiger partial charge in [0, 0.05) is 10.9 Å². The second-order valence-corrected chi connectivity index (χ2v) is 6.35. The summed E-state index contributed by atoms with van der Waals surface area (Å²) in [6.45, 7) is 9.72. The van der Waals surface area contributed by atoms with Gasteiger partial charge in [-0.15, -0.1) is 0 Å². The fraction of sp³-hybridized carbons (Fsp3) is 0.438. The normalized spacial score (nSPS) is 13.0. The highest BCUT2D eigenvalue weighted by Crippen LogP contribution is 2.21. The summed E-state index contributed by atoms with van der Waals surface area (Å²) in [5.41, 5.74) is 1.74. The van der Waals surface area contributed by atoms with E-state index in [4.69, 9.17) is 0 Å². The number of benzene rings is 1. The number of carbonyl (C=O) groups excluding carboxylic acids is 1. The van der Waals surface area contributed by atoms with E-state index >= 15 is 0 Å². The number of nitrogens with zero attached hydrogens (tertiary/aromatic N) is 2. The van der Waals surface area contributed by atoms with Crippen LogP contribution in [0.5, 0.6) is 0 Å². The Bertz CT molecular complexity index is 661. The molecule has 1 atom stereocenters. The van der Waals surface area contributed by atoms with Crippen molar-refractivity contribution in [2.75, 3.05) is 5.32 Å². The number of nitrogens with one attached hydrogen (secondary N) is 2. The van der Waals surface area contributed by atoms with Gasteiger partial charge in [0.2, 0.25) is 5.91 Å². The molecule has 0 aliphatic carbocycles. The lowest BCUT2D eigenvalue weighted by atomic mass is 10.1. The van der Waals surface area contributed by atoms with E-state index in [0.29, 0.717) is 5.82 Å². The summed E-state index contributed by atoms with van der Waals surface area (Å²) in [7, 11) is 0. The van der Waals surface area contributed by atoms with Gasteiger partial charge >= 0.3 is 0 Å². The van der Waals surface area contributed by atoms with Crippen LogP contribution in [0.15, 0.2) is 24.5 Å². The van der Waals surface area contributed by atoms with Crippen LogP contribution in [-0.4, -0.2) is 27.5 Å². The second kappa shape index (κ2) is 5.68. The first-order chi connectivity index (χ1) is 9.76. The molecule has 21 heavy (non-hydrogen) atoms. The Morgan fingerprint density at radius 3 is 2.62 bits per heavy atom. The number of carbonyl (C=O) groups is 1. The molecular weight excluding hydrogens is 264 g/mol. The molecule has 2 rings (SSSR count). The molecule has 0 radical (unpaired) electrons. The molecule has 0 aliphatic heterocycles. The van der Waals surface area contributed by atoms with Crippen molar-refractivity contribution in [3.05, 3.63) is 30.1 Å². The van der Waals surface area contributed by atoms with E-state index in [2.05, 4.69) is 20.6 Å². The Morgan fingerprint density at radius 1 is 1.24 bits per heavy atom. The van der Waals surface area contributed by atoms with E-state index in [0.717, 1.165) is 16.5 Å². The minimum atomic E-state index is -0.372. The third kappa shape index (κ3) is 3.90. The van der Waals surface area contributed by atoms with E-state index in [1.165, 1.54) is 6.33 Å². The predicted octanol–water partition coefficient (Wildman–Crippen LogP) is 2.65. The van der Waals surface area contributed by atoms with Crippen LogP contribution in [0.4, 0.5) is 5.82 Å². The van der Waals surface area contributed by atoms with Gasteiger partial charge in [-0.05, 0) is 46.8 Å². The number of hydrogen-bond donors (Lipinski definition) is 2. The molecule has 0 aliphatic rings. The molecule has 2 aromatic rings. The van der Waals surface area contributed by atoms with Gasteiger partial charge < -0.3 is 10.6 Å². The lowest BCUT2D eigenvalue weighted by Gasteiger charge is -2.24. The average Bonchev–Trinajstić information content (AvgIpc) is 2.37. The third-order valence-electron chi connectivity index (χ3n) is 3.04. The third-order valence-corrected chi connectivity index (χ3v) is 3.04. The Balaban J connectivity index is 2.23. The molecule has 0 spiro atoms. The number of fused-ring (bicyclic) bond motifs is 1. The number of hydrogen-bond acceptors (Lipinski definition) is 4. The minimum Gasteiger partial charge on any atom is -0.358 e. The summed E-state index contributed by atoms with van der Waals surface area (Å²) in [5, 5.41) is 7.05. The summed E-state index contributed by atoms with van der Waals surface area (Å²) >= 11 is 0. The molecule has 0 saturated heterocycles. The number of aryl methyl sites for hydroxylation is 1. The molecule has 1 aromatic heterocycles. The van der Waals surface area contributed by atoms with Gasteiger partial charge in [-0.25, -0.2) is 9.97 Å². The molecule has 1 unspecified atom stereocenters. The maximum Gasteiger partial charge on any atom is 0.242 e. The second-order valence-electron chi connectivity index (χ2n) is 6.35. The Hall–Kier alpha value is -2.17. The summed E-state index contributed by atoms with van der Waals surface area (Å²) < 4.78 is 0. The summed E-state index contributed by atoms with van der Waals surface area (Å²) in [5.74, 6) is 0.627. The van der Waals surface area contributed by atoms with Gasteiger partial charge in [-0.3, -0.25) is 4.79 Å². The fourth-order valence-corrected chi connectivity index (χ4v) is 2.03. The molecule has 0 fully saturated rings. The van der Waals surface area contributed by atoms with Gasteiger partial charge in [-0.1, -0.05) is 11.6 Å². The van der Waals surface area contributed by atoms with Gasteiger partial charge in [0.1, 0.15) is 18.2 Å². The van der Waals surface area contributed by atoms with E-state index < -0.39 is 0 Å². The first-order valence-corrected chi connectivity index (χ1v) is 7.06. The molecule has 0 saturated carbocycles.